The van der Waals surface area contributed by atoms with Gasteiger partial charge in [-0.05, 0) is 30.3 Å². The number of nitrogen functional groups attached to an aromatic ring is 1. The molecule has 0 atom stereocenters. The first-order valence-electron chi connectivity index (χ1n) is 5.29. The Balaban J connectivity index is 2.26. The van der Waals surface area contributed by atoms with Crippen LogP contribution in [0.3, 0.4) is 0 Å². The Morgan fingerprint density at radius 2 is 1.95 bits per heavy atom. The number of carbonyl (C=O) groups is 1. The van der Waals surface area contributed by atoms with Gasteiger partial charge < -0.3 is 11.1 Å². The highest BCUT2D eigenvalue weighted by molar-refractivity contribution is 6.31. The number of hydrogen-bond acceptors (Lipinski definition) is 2. The van der Waals surface area contributed by atoms with Crippen LogP contribution in [0.2, 0.25) is 5.02 Å². The van der Waals surface area contributed by atoms with E-state index in [1.807, 2.05) is 0 Å². The van der Waals surface area contributed by atoms with Crippen molar-refractivity contribution >= 4 is 28.9 Å². The molecule has 2 aromatic carbocycles. The molecular weight excluding hydrogens is 274 g/mol. The molecule has 1 amide bonds. The number of hydrogen-bond donors (Lipinski definition) is 2. The molecular formula is C13H9ClF2N2O. The molecule has 98 valence electrons. The topological polar surface area (TPSA) is 55.1 Å². The van der Waals surface area contributed by atoms with Crippen molar-refractivity contribution in [2.75, 3.05) is 11.1 Å². The second-order valence-corrected chi connectivity index (χ2v) is 4.20. The Hall–Kier alpha value is -2.14. The summed E-state index contributed by atoms with van der Waals surface area (Å²) in [4.78, 5) is 11.8. The molecule has 0 aliphatic carbocycles. The van der Waals surface area contributed by atoms with E-state index in [0.29, 0.717) is 0 Å². The van der Waals surface area contributed by atoms with Gasteiger partial charge in [-0.15, -0.1) is 0 Å². The Labute approximate surface area is 113 Å². The van der Waals surface area contributed by atoms with Crippen LogP contribution in [0, 0.1) is 11.6 Å². The van der Waals surface area contributed by atoms with Crippen LogP contribution >= 0.6 is 11.6 Å². The number of benzene rings is 2. The van der Waals surface area contributed by atoms with Crippen LogP contribution in [0.5, 0.6) is 0 Å². The number of rotatable bonds is 2. The highest BCUT2D eigenvalue weighted by atomic mass is 35.5. The zero-order valence-corrected chi connectivity index (χ0v) is 10.3. The van der Waals surface area contributed by atoms with Gasteiger partial charge in [-0.25, -0.2) is 8.78 Å². The van der Waals surface area contributed by atoms with Crippen molar-refractivity contribution in [2.24, 2.45) is 0 Å². The third-order valence-electron chi connectivity index (χ3n) is 2.45. The van der Waals surface area contributed by atoms with Crippen molar-refractivity contribution in [1.82, 2.24) is 0 Å². The molecule has 0 aliphatic heterocycles. The van der Waals surface area contributed by atoms with Crippen molar-refractivity contribution in [3.8, 4) is 0 Å². The third kappa shape index (κ3) is 2.82. The largest absolute Gasteiger partial charge is 0.396 e. The van der Waals surface area contributed by atoms with Gasteiger partial charge in [-0.1, -0.05) is 17.7 Å². The molecule has 0 saturated heterocycles. The molecule has 3 N–H and O–H groups in total. The highest BCUT2D eigenvalue weighted by Gasteiger charge is 2.14. The summed E-state index contributed by atoms with van der Waals surface area (Å²) < 4.78 is 26.8. The number of anilines is 2. The van der Waals surface area contributed by atoms with E-state index < -0.39 is 17.5 Å². The quantitative estimate of drug-likeness (QED) is 0.829. The average molecular weight is 283 g/mol. The van der Waals surface area contributed by atoms with E-state index in [0.717, 1.165) is 6.07 Å². The number of amides is 1. The van der Waals surface area contributed by atoms with E-state index in [2.05, 4.69) is 5.32 Å². The Bertz CT molecular complexity index is 647. The van der Waals surface area contributed by atoms with Gasteiger partial charge in [-0.3, -0.25) is 4.79 Å². The minimum Gasteiger partial charge on any atom is -0.396 e. The zero-order valence-electron chi connectivity index (χ0n) is 9.58. The fourth-order valence-corrected chi connectivity index (χ4v) is 1.66. The summed E-state index contributed by atoms with van der Waals surface area (Å²) in [5, 5.41) is 2.20. The fraction of sp³-hybridized carbons (Fsp3) is 0. The predicted molar refractivity (Wildman–Crippen MR) is 70.2 cm³/mol. The summed E-state index contributed by atoms with van der Waals surface area (Å²) in [5.74, 6) is -2.20. The average Bonchev–Trinajstić information content (AvgIpc) is 2.37. The first-order valence-corrected chi connectivity index (χ1v) is 5.67. The van der Waals surface area contributed by atoms with Crippen LogP contribution in [0.1, 0.15) is 10.4 Å². The lowest BCUT2D eigenvalue weighted by atomic mass is 10.2. The molecule has 2 aromatic rings. The van der Waals surface area contributed by atoms with Crippen LogP contribution in [-0.4, -0.2) is 5.91 Å². The molecule has 0 aromatic heterocycles. The van der Waals surface area contributed by atoms with Gasteiger partial charge in [0.2, 0.25) is 0 Å². The first kappa shape index (κ1) is 13.3. The Morgan fingerprint density at radius 1 is 1.21 bits per heavy atom. The van der Waals surface area contributed by atoms with E-state index in [1.165, 1.54) is 30.3 Å². The van der Waals surface area contributed by atoms with Gasteiger partial charge in [0.15, 0.2) is 5.82 Å². The lowest BCUT2D eigenvalue weighted by Gasteiger charge is -2.07. The van der Waals surface area contributed by atoms with Crippen molar-refractivity contribution in [3.05, 3.63) is 58.6 Å². The van der Waals surface area contributed by atoms with E-state index in [4.69, 9.17) is 17.3 Å². The SMILES string of the molecule is Nc1ccc(NC(=O)c2cccc(Cl)c2F)cc1F. The van der Waals surface area contributed by atoms with E-state index in [9.17, 15) is 13.6 Å². The fourth-order valence-electron chi connectivity index (χ4n) is 1.48. The number of halogens is 3. The normalized spacial score (nSPS) is 10.3. The number of nitrogens with one attached hydrogen (secondary N) is 1. The second-order valence-electron chi connectivity index (χ2n) is 3.79. The molecule has 0 unspecified atom stereocenters. The van der Waals surface area contributed by atoms with Gasteiger partial charge in [0.25, 0.3) is 5.91 Å². The van der Waals surface area contributed by atoms with Gasteiger partial charge in [0, 0.05) is 5.69 Å². The minimum absolute atomic E-state index is 0.0352. The Kier molecular flexibility index (Phi) is 3.66. The standard InChI is InChI=1S/C13H9ClF2N2O/c14-9-3-1-2-8(12(9)16)13(19)18-7-4-5-11(17)10(15)6-7/h1-6H,17H2,(H,18,19). The number of carbonyl (C=O) groups excluding carboxylic acids is 1. The van der Waals surface area contributed by atoms with Crippen molar-refractivity contribution in [1.29, 1.82) is 0 Å². The first-order chi connectivity index (χ1) is 8.99. The van der Waals surface area contributed by atoms with Gasteiger partial charge in [0.1, 0.15) is 5.82 Å². The molecule has 2 rings (SSSR count). The van der Waals surface area contributed by atoms with Crippen molar-refractivity contribution in [3.63, 3.8) is 0 Å². The summed E-state index contributed by atoms with van der Waals surface area (Å²) in [6.45, 7) is 0. The summed E-state index contributed by atoms with van der Waals surface area (Å²) >= 11 is 5.58. The molecule has 0 fully saturated rings. The molecule has 19 heavy (non-hydrogen) atoms. The van der Waals surface area contributed by atoms with Gasteiger partial charge in [0.05, 0.1) is 16.3 Å². The molecule has 0 bridgehead atoms. The van der Waals surface area contributed by atoms with Gasteiger partial charge >= 0.3 is 0 Å². The zero-order chi connectivity index (χ0) is 14.0. The van der Waals surface area contributed by atoms with E-state index in [-0.39, 0.29) is 22.0 Å². The molecule has 0 aliphatic rings. The maximum Gasteiger partial charge on any atom is 0.258 e. The summed E-state index contributed by atoms with van der Waals surface area (Å²) in [7, 11) is 0. The van der Waals surface area contributed by atoms with E-state index >= 15 is 0 Å². The number of nitrogens with two attached hydrogens (primary N) is 1. The summed E-state index contributed by atoms with van der Waals surface area (Å²) in [6.07, 6.45) is 0. The maximum absolute atomic E-state index is 13.6. The van der Waals surface area contributed by atoms with Crippen molar-refractivity contribution in [2.45, 2.75) is 0 Å². The molecule has 3 nitrogen and oxygen atoms in total. The smallest absolute Gasteiger partial charge is 0.258 e. The molecule has 6 heteroatoms. The predicted octanol–water partition coefficient (Wildman–Crippen LogP) is 3.45. The van der Waals surface area contributed by atoms with E-state index in [1.54, 1.807) is 0 Å². The molecule has 0 saturated carbocycles. The Morgan fingerprint density at radius 3 is 2.63 bits per heavy atom. The van der Waals surface area contributed by atoms with Gasteiger partial charge in [-0.2, -0.15) is 0 Å². The van der Waals surface area contributed by atoms with Crippen LogP contribution < -0.4 is 11.1 Å². The maximum atomic E-state index is 13.6. The highest BCUT2D eigenvalue weighted by Crippen LogP contribution is 2.20. The lowest BCUT2D eigenvalue weighted by molar-refractivity contribution is 0.102. The summed E-state index contributed by atoms with van der Waals surface area (Å²) in [6, 6.07) is 7.83. The van der Waals surface area contributed by atoms with Crippen LogP contribution in [0.15, 0.2) is 36.4 Å². The monoisotopic (exact) mass is 282 g/mol. The van der Waals surface area contributed by atoms with Crippen molar-refractivity contribution < 1.29 is 13.6 Å². The molecule has 0 radical (unpaired) electrons. The van der Waals surface area contributed by atoms with Crippen LogP contribution in [-0.2, 0) is 0 Å². The molecule has 0 heterocycles. The van der Waals surface area contributed by atoms with Crippen LogP contribution in [0.25, 0.3) is 0 Å². The van der Waals surface area contributed by atoms with Crippen LogP contribution in [0.4, 0.5) is 20.2 Å². The third-order valence-corrected chi connectivity index (χ3v) is 2.75. The second kappa shape index (κ2) is 5.24. The lowest BCUT2D eigenvalue weighted by Crippen LogP contribution is -2.14. The summed E-state index contributed by atoms with van der Waals surface area (Å²) in [5.41, 5.74) is 5.23. The molecule has 0 spiro atoms. The minimum atomic E-state index is -0.822.